The molecule has 1 heterocycles. The van der Waals surface area contributed by atoms with E-state index in [-0.39, 0.29) is 11.5 Å². The minimum absolute atomic E-state index is 0.0444. The van der Waals surface area contributed by atoms with Crippen molar-refractivity contribution in [2.24, 2.45) is 0 Å². The second-order valence-corrected chi connectivity index (χ2v) is 5.21. The van der Waals surface area contributed by atoms with Crippen molar-refractivity contribution in [2.45, 2.75) is 13.8 Å². The van der Waals surface area contributed by atoms with Crippen LogP contribution in [-0.2, 0) is 0 Å². The summed E-state index contributed by atoms with van der Waals surface area (Å²) in [5.41, 5.74) is 1.47. The first kappa shape index (κ1) is 14.6. The van der Waals surface area contributed by atoms with Gasteiger partial charge in [0.2, 0.25) is 0 Å². The molecule has 1 N–H and O–H groups in total. The van der Waals surface area contributed by atoms with E-state index in [9.17, 15) is 14.7 Å². The fourth-order valence-corrected chi connectivity index (χ4v) is 2.31. The molecule has 1 aromatic carbocycles. The number of carbonyl (C=O) groups excluding carboxylic acids is 1. The Morgan fingerprint density at radius 1 is 1.15 bits per heavy atom. The monoisotopic (exact) mass is 311 g/mol. The van der Waals surface area contributed by atoms with Crippen LogP contribution in [0.15, 0.2) is 24.4 Å². The van der Waals surface area contributed by atoms with Gasteiger partial charge in [-0.2, -0.15) is 0 Å². The van der Waals surface area contributed by atoms with Crippen molar-refractivity contribution in [3.63, 3.8) is 0 Å². The highest BCUT2D eigenvalue weighted by Crippen LogP contribution is 2.29. The molecule has 0 atom stereocenters. The standard InChI is InChI=1S/C14H11Cl2NO3/c1-7-3-11(16)12(5-10(7)15)17-6-9(8(2)18)4-13(17)14(19)20/h3-6H,1-2H3,(H,19,20). The van der Waals surface area contributed by atoms with Gasteiger partial charge in [0.25, 0.3) is 0 Å². The number of nitrogens with zero attached hydrogens (tertiary/aromatic N) is 1. The lowest BCUT2D eigenvalue weighted by molar-refractivity contribution is 0.0688. The zero-order chi connectivity index (χ0) is 15.0. The fraction of sp³-hybridized carbons (Fsp3) is 0.143. The Kier molecular flexibility index (Phi) is 3.88. The van der Waals surface area contributed by atoms with Crippen molar-refractivity contribution in [2.75, 3.05) is 0 Å². The zero-order valence-electron chi connectivity index (χ0n) is 10.8. The topological polar surface area (TPSA) is 59.3 Å². The number of carboxylic acids is 1. The third kappa shape index (κ3) is 2.57. The van der Waals surface area contributed by atoms with Gasteiger partial charge >= 0.3 is 5.97 Å². The number of hydrogen-bond acceptors (Lipinski definition) is 2. The van der Waals surface area contributed by atoms with Gasteiger partial charge in [0.05, 0.1) is 10.7 Å². The quantitative estimate of drug-likeness (QED) is 0.872. The molecule has 0 bridgehead atoms. The van der Waals surface area contributed by atoms with E-state index in [2.05, 4.69) is 0 Å². The van der Waals surface area contributed by atoms with Crippen LogP contribution in [0.2, 0.25) is 10.0 Å². The number of Topliss-reactive ketones (excluding diaryl/α,β-unsaturated/α-hetero) is 1. The van der Waals surface area contributed by atoms with Gasteiger partial charge in [0.15, 0.2) is 5.78 Å². The first-order valence-electron chi connectivity index (χ1n) is 5.74. The molecular formula is C14H11Cl2NO3. The van der Waals surface area contributed by atoms with Gasteiger partial charge in [-0.25, -0.2) is 4.79 Å². The number of carboxylic acid groups (broad SMARTS) is 1. The van der Waals surface area contributed by atoms with Crippen LogP contribution < -0.4 is 0 Å². The van der Waals surface area contributed by atoms with E-state index in [1.54, 1.807) is 19.1 Å². The van der Waals surface area contributed by atoms with E-state index in [1.165, 1.54) is 23.8 Å². The average Bonchev–Trinajstić information content (AvgIpc) is 2.78. The number of rotatable bonds is 3. The summed E-state index contributed by atoms with van der Waals surface area (Å²) in [5, 5.41) is 10.1. The molecule has 0 radical (unpaired) electrons. The number of halogens is 2. The molecule has 2 rings (SSSR count). The lowest BCUT2D eigenvalue weighted by Gasteiger charge is -2.10. The molecule has 0 fully saturated rings. The maximum Gasteiger partial charge on any atom is 0.352 e. The zero-order valence-corrected chi connectivity index (χ0v) is 12.3. The summed E-state index contributed by atoms with van der Waals surface area (Å²) in [6, 6.07) is 4.54. The number of aryl methyl sites for hydroxylation is 1. The maximum atomic E-state index is 11.4. The predicted molar refractivity (Wildman–Crippen MR) is 77.5 cm³/mol. The first-order chi connectivity index (χ1) is 9.31. The minimum atomic E-state index is -1.15. The van der Waals surface area contributed by atoms with Crippen LogP contribution in [0.3, 0.4) is 0 Å². The molecule has 4 nitrogen and oxygen atoms in total. The van der Waals surface area contributed by atoms with E-state index in [0.717, 1.165) is 5.56 Å². The van der Waals surface area contributed by atoms with E-state index >= 15 is 0 Å². The Balaban J connectivity index is 2.71. The number of carbonyl (C=O) groups is 2. The van der Waals surface area contributed by atoms with Gasteiger partial charge in [-0.1, -0.05) is 23.2 Å². The van der Waals surface area contributed by atoms with Crippen LogP contribution in [0.25, 0.3) is 5.69 Å². The Bertz CT molecular complexity index is 719. The number of aromatic nitrogens is 1. The van der Waals surface area contributed by atoms with Crippen LogP contribution in [0.1, 0.15) is 33.3 Å². The smallest absolute Gasteiger partial charge is 0.352 e. The van der Waals surface area contributed by atoms with Crippen LogP contribution in [0.5, 0.6) is 0 Å². The molecule has 1 aromatic heterocycles. The van der Waals surface area contributed by atoms with Crippen molar-refractivity contribution in [3.05, 3.63) is 51.3 Å². The maximum absolute atomic E-state index is 11.4. The lowest BCUT2D eigenvalue weighted by Crippen LogP contribution is -2.06. The van der Waals surface area contributed by atoms with Crippen LogP contribution in [-0.4, -0.2) is 21.4 Å². The molecule has 0 aliphatic heterocycles. The van der Waals surface area contributed by atoms with Crippen molar-refractivity contribution in [3.8, 4) is 5.69 Å². The van der Waals surface area contributed by atoms with Crippen molar-refractivity contribution >= 4 is 35.0 Å². The third-order valence-electron chi connectivity index (χ3n) is 2.93. The second kappa shape index (κ2) is 5.31. The van der Waals surface area contributed by atoms with E-state index in [1.807, 2.05) is 0 Å². The molecule has 0 amide bonds. The summed E-state index contributed by atoms with van der Waals surface area (Å²) < 4.78 is 1.35. The normalized spacial score (nSPS) is 10.6. The highest BCUT2D eigenvalue weighted by atomic mass is 35.5. The molecule has 0 saturated heterocycles. The summed E-state index contributed by atoms with van der Waals surface area (Å²) in [7, 11) is 0. The Morgan fingerprint density at radius 2 is 1.80 bits per heavy atom. The largest absolute Gasteiger partial charge is 0.477 e. The van der Waals surface area contributed by atoms with Gasteiger partial charge in [-0.05, 0) is 37.6 Å². The molecule has 0 aliphatic rings. The van der Waals surface area contributed by atoms with Crippen molar-refractivity contribution in [1.82, 2.24) is 4.57 Å². The Labute approximate surface area is 125 Å². The summed E-state index contributed by atoms with van der Waals surface area (Å²) in [6.45, 7) is 3.17. The minimum Gasteiger partial charge on any atom is -0.477 e. The van der Waals surface area contributed by atoms with Crippen molar-refractivity contribution in [1.29, 1.82) is 0 Å². The van der Waals surface area contributed by atoms with Crippen LogP contribution >= 0.6 is 23.2 Å². The summed E-state index contributed by atoms with van der Waals surface area (Å²) in [5.74, 6) is -1.37. The number of benzene rings is 1. The van der Waals surface area contributed by atoms with Gasteiger partial charge < -0.3 is 9.67 Å². The summed E-state index contributed by atoms with van der Waals surface area (Å²) in [4.78, 5) is 22.7. The highest BCUT2D eigenvalue weighted by molar-refractivity contribution is 6.35. The lowest BCUT2D eigenvalue weighted by atomic mass is 10.2. The number of aromatic carboxylic acids is 1. The van der Waals surface area contributed by atoms with Crippen molar-refractivity contribution < 1.29 is 14.7 Å². The number of hydrogen-bond donors (Lipinski definition) is 1. The van der Waals surface area contributed by atoms with Gasteiger partial charge in [-0.15, -0.1) is 0 Å². The third-order valence-corrected chi connectivity index (χ3v) is 3.64. The van der Waals surface area contributed by atoms with E-state index in [4.69, 9.17) is 23.2 Å². The molecule has 6 heteroatoms. The van der Waals surface area contributed by atoms with E-state index < -0.39 is 5.97 Å². The van der Waals surface area contributed by atoms with Gasteiger partial charge in [-0.3, -0.25) is 4.79 Å². The van der Waals surface area contributed by atoms with Crippen LogP contribution in [0.4, 0.5) is 0 Å². The fourth-order valence-electron chi connectivity index (χ4n) is 1.84. The Hall–Kier alpha value is -1.78. The van der Waals surface area contributed by atoms with Gasteiger partial charge in [0, 0.05) is 16.8 Å². The molecular weight excluding hydrogens is 301 g/mol. The molecule has 0 aliphatic carbocycles. The molecule has 0 spiro atoms. The molecule has 0 unspecified atom stereocenters. The molecule has 0 saturated carbocycles. The van der Waals surface area contributed by atoms with E-state index in [0.29, 0.717) is 21.3 Å². The predicted octanol–water partition coefficient (Wildman–Crippen LogP) is 3.99. The summed E-state index contributed by atoms with van der Waals surface area (Å²) >= 11 is 12.2. The van der Waals surface area contributed by atoms with Crippen LogP contribution in [0, 0.1) is 6.92 Å². The highest BCUT2D eigenvalue weighted by Gasteiger charge is 2.18. The first-order valence-corrected chi connectivity index (χ1v) is 6.49. The summed E-state index contributed by atoms with van der Waals surface area (Å²) in [6.07, 6.45) is 1.44. The average molecular weight is 312 g/mol. The molecule has 20 heavy (non-hydrogen) atoms. The molecule has 2 aromatic rings. The second-order valence-electron chi connectivity index (χ2n) is 4.40. The Morgan fingerprint density at radius 3 is 2.35 bits per heavy atom. The SMILES string of the molecule is CC(=O)c1cc(C(=O)O)n(-c2cc(Cl)c(C)cc2Cl)c1. The molecule has 104 valence electrons. The number of ketones is 1. The van der Waals surface area contributed by atoms with Gasteiger partial charge in [0.1, 0.15) is 5.69 Å².